The first-order chi connectivity index (χ1) is 14.4. The van der Waals surface area contributed by atoms with Gasteiger partial charge < -0.3 is 19.7 Å². The lowest BCUT2D eigenvalue weighted by Gasteiger charge is -2.40. The third kappa shape index (κ3) is 3.30. The maximum atomic E-state index is 13.1. The van der Waals surface area contributed by atoms with Gasteiger partial charge in [-0.25, -0.2) is 4.79 Å². The molecule has 8 nitrogen and oxygen atoms in total. The van der Waals surface area contributed by atoms with Gasteiger partial charge in [0.15, 0.2) is 11.5 Å². The van der Waals surface area contributed by atoms with Gasteiger partial charge >= 0.3 is 6.03 Å². The fraction of sp³-hybridized carbons (Fsp3) is 0.500. The Morgan fingerprint density at radius 2 is 1.93 bits per heavy atom. The number of hydrogen-bond acceptors (Lipinski definition) is 5. The van der Waals surface area contributed by atoms with E-state index in [4.69, 9.17) is 9.47 Å². The van der Waals surface area contributed by atoms with Crippen molar-refractivity contribution < 1.29 is 23.9 Å². The zero-order chi connectivity index (χ0) is 21.5. The van der Waals surface area contributed by atoms with Gasteiger partial charge in [0.05, 0.1) is 6.54 Å². The SMILES string of the molecule is C=C(C)CN1C(=O)NC(CC)(C2CCN(C(=O)c3ccc4c(c3)OCO4)CC2)C1=O. The Labute approximate surface area is 175 Å². The van der Waals surface area contributed by atoms with Crippen LogP contribution < -0.4 is 14.8 Å². The second kappa shape index (κ2) is 7.66. The largest absolute Gasteiger partial charge is 0.454 e. The van der Waals surface area contributed by atoms with Crippen molar-refractivity contribution in [2.45, 2.75) is 38.6 Å². The molecular weight excluding hydrogens is 386 g/mol. The summed E-state index contributed by atoms with van der Waals surface area (Å²) in [6, 6.07) is 4.84. The van der Waals surface area contributed by atoms with Crippen molar-refractivity contribution in [3.63, 3.8) is 0 Å². The first kappa shape index (κ1) is 20.3. The monoisotopic (exact) mass is 413 g/mol. The summed E-state index contributed by atoms with van der Waals surface area (Å²) in [6.45, 7) is 9.00. The maximum Gasteiger partial charge on any atom is 0.325 e. The number of carbonyl (C=O) groups is 3. The minimum atomic E-state index is -0.902. The Balaban J connectivity index is 1.44. The zero-order valence-corrected chi connectivity index (χ0v) is 17.4. The molecule has 1 aromatic rings. The second-order valence-electron chi connectivity index (χ2n) is 8.24. The second-order valence-corrected chi connectivity index (χ2v) is 8.24. The van der Waals surface area contributed by atoms with Crippen LogP contribution in [-0.2, 0) is 4.79 Å². The Hall–Kier alpha value is -3.03. The van der Waals surface area contributed by atoms with Crippen molar-refractivity contribution in [2.24, 2.45) is 5.92 Å². The lowest BCUT2D eigenvalue weighted by Crippen LogP contribution is -2.56. The van der Waals surface area contributed by atoms with E-state index < -0.39 is 5.54 Å². The molecule has 2 fully saturated rings. The third-order valence-electron chi connectivity index (χ3n) is 6.29. The van der Waals surface area contributed by atoms with E-state index >= 15 is 0 Å². The molecule has 0 aromatic heterocycles. The van der Waals surface area contributed by atoms with Gasteiger partial charge in [0.2, 0.25) is 6.79 Å². The molecule has 0 radical (unpaired) electrons. The number of imide groups is 1. The van der Waals surface area contributed by atoms with Crippen molar-refractivity contribution in [1.82, 2.24) is 15.1 Å². The summed E-state index contributed by atoms with van der Waals surface area (Å²) in [7, 11) is 0. The topological polar surface area (TPSA) is 88.2 Å². The number of urea groups is 1. The molecular formula is C22H27N3O5. The van der Waals surface area contributed by atoms with Crippen LogP contribution in [-0.4, -0.2) is 59.6 Å². The molecule has 3 aliphatic rings. The fourth-order valence-electron chi connectivity index (χ4n) is 4.65. The van der Waals surface area contributed by atoms with E-state index in [1.54, 1.807) is 30.0 Å². The zero-order valence-electron chi connectivity index (χ0n) is 17.4. The lowest BCUT2D eigenvalue weighted by molar-refractivity contribution is -0.133. The summed E-state index contributed by atoms with van der Waals surface area (Å²) in [5, 5.41) is 2.96. The van der Waals surface area contributed by atoms with Crippen molar-refractivity contribution >= 4 is 17.8 Å². The highest BCUT2D eigenvalue weighted by Crippen LogP contribution is 2.37. The minimum absolute atomic E-state index is 0.0186. The molecule has 4 amide bonds. The molecule has 3 heterocycles. The Morgan fingerprint density at radius 3 is 2.60 bits per heavy atom. The summed E-state index contributed by atoms with van der Waals surface area (Å²) in [5.41, 5.74) is 0.413. The van der Waals surface area contributed by atoms with Gasteiger partial charge in [-0.1, -0.05) is 19.1 Å². The quantitative estimate of drug-likeness (QED) is 0.592. The third-order valence-corrected chi connectivity index (χ3v) is 6.29. The molecule has 1 unspecified atom stereocenters. The van der Waals surface area contributed by atoms with Gasteiger partial charge in [-0.05, 0) is 50.3 Å². The Kier molecular flexibility index (Phi) is 5.17. The summed E-state index contributed by atoms with van der Waals surface area (Å²) in [5.74, 6) is 0.957. The molecule has 4 rings (SSSR count). The number of hydrogen-bond donors (Lipinski definition) is 1. The molecule has 0 aliphatic carbocycles. The number of likely N-dealkylation sites (tertiary alicyclic amines) is 1. The number of ether oxygens (including phenoxy) is 2. The van der Waals surface area contributed by atoms with Crippen LogP contribution in [0, 0.1) is 5.92 Å². The molecule has 0 saturated carbocycles. The number of nitrogens with one attached hydrogen (secondary N) is 1. The van der Waals surface area contributed by atoms with Crippen LogP contribution in [0.2, 0.25) is 0 Å². The van der Waals surface area contributed by atoms with E-state index in [0.29, 0.717) is 49.4 Å². The van der Waals surface area contributed by atoms with Gasteiger partial charge in [-0.3, -0.25) is 14.5 Å². The van der Waals surface area contributed by atoms with Gasteiger partial charge in [0.1, 0.15) is 5.54 Å². The molecule has 160 valence electrons. The van der Waals surface area contributed by atoms with Crippen LogP contribution >= 0.6 is 0 Å². The van der Waals surface area contributed by atoms with Crippen molar-refractivity contribution in [3.05, 3.63) is 35.9 Å². The first-order valence-electron chi connectivity index (χ1n) is 10.3. The number of nitrogens with zero attached hydrogens (tertiary/aromatic N) is 2. The number of fused-ring (bicyclic) bond motifs is 1. The highest BCUT2D eigenvalue weighted by atomic mass is 16.7. The summed E-state index contributed by atoms with van der Waals surface area (Å²) in [6.07, 6.45) is 1.82. The number of carbonyl (C=O) groups excluding carboxylic acids is 3. The number of piperidine rings is 1. The van der Waals surface area contributed by atoms with Crippen LogP contribution in [0.3, 0.4) is 0 Å². The summed E-state index contributed by atoms with van der Waals surface area (Å²) >= 11 is 0. The molecule has 3 aliphatic heterocycles. The van der Waals surface area contributed by atoms with Gasteiger partial charge in [-0.2, -0.15) is 0 Å². The van der Waals surface area contributed by atoms with Gasteiger partial charge in [-0.15, -0.1) is 0 Å². The highest BCUT2D eigenvalue weighted by molar-refractivity contribution is 6.07. The Morgan fingerprint density at radius 1 is 1.23 bits per heavy atom. The molecule has 30 heavy (non-hydrogen) atoms. The Bertz CT molecular complexity index is 906. The predicted octanol–water partition coefficient (Wildman–Crippen LogP) is 2.54. The maximum absolute atomic E-state index is 13.1. The fourth-order valence-corrected chi connectivity index (χ4v) is 4.65. The van der Waals surface area contributed by atoms with Gasteiger partial charge in [0, 0.05) is 18.7 Å². The first-order valence-corrected chi connectivity index (χ1v) is 10.3. The number of benzene rings is 1. The summed E-state index contributed by atoms with van der Waals surface area (Å²) in [4.78, 5) is 41.6. The molecule has 0 bridgehead atoms. The molecule has 2 saturated heterocycles. The van der Waals surface area contributed by atoms with Gasteiger partial charge in [0.25, 0.3) is 11.8 Å². The molecule has 8 heteroatoms. The number of amides is 4. The minimum Gasteiger partial charge on any atom is -0.454 e. The molecule has 1 N–H and O–H groups in total. The average molecular weight is 413 g/mol. The smallest absolute Gasteiger partial charge is 0.325 e. The van der Waals surface area contributed by atoms with Crippen molar-refractivity contribution in [3.8, 4) is 11.5 Å². The van der Waals surface area contributed by atoms with E-state index in [1.165, 1.54) is 4.90 Å². The molecule has 0 spiro atoms. The van der Waals surface area contributed by atoms with Crippen LogP contribution in [0.15, 0.2) is 30.4 Å². The van der Waals surface area contributed by atoms with Crippen LogP contribution in [0.1, 0.15) is 43.5 Å². The highest BCUT2D eigenvalue weighted by Gasteiger charge is 2.54. The standard InChI is InChI=1S/C22H27N3O5/c1-4-22(20(27)25(12-14(2)3)21(28)23-22)16-7-9-24(10-8-16)19(26)15-5-6-17-18(11-15)30-13-29-17/h5-6,11,16H,2,4,7-10,12-13H2,1,3H3,(H,23,28). The van der Waals surface area contributed by atoms with E-state index in [0.717, 1.165) is 5.57 Å². The normalized spacial score (nSPS) is 23.7. The van der Waals surface area contributed by atoms with E-state index in [-0.39, 0.29) is 37.1 Å². The average Bonchev–Trinajstić information content (AvgIpc) is 3.31. The predicted molar refractivity (Wildman–Crippen MR) is 109 cm³/mol. The van der Waals surface area contributed by atoms with Crippen LogP contribution in [0.4, 0.5) is 4.79 Å². The van der Waals surface area contributed by atoms with Crippen LogP contribution in [0.25, 0.3) is 0 Å². The van der Waals surface area contributed by atoms with E-state index in [1.807, 2.05) is 6.92 Å². The number of rotatable bonds is 5. The molecule has 1 aromatic carbocycles. The van der Waals surface area contributed by atoms with Crippen molar-refractivity contribution in [2.75, 3.05) is 26.4 Å². The van der Waals surface area contributed by atoms with Crippen LogP contribution in [0.5, 0.6) is 11.5 Å². The molecule has 1 atom stereocenters. The van der Waals surface area contributed by atoms with E-state index in [2.05, 4.69) is 11.9 Å². The lowest BCUT2D eigenvalue weighted by atomic mass is 9.75. The van der Waals surface area contributed by atoms with E-state index in [9.17, 15) is 14.4 Å². The van der Waals surface area contributed by atoms with Crippen molar-refractivity contribution in [1.29, 1.82) is 0 Å². The summed E-state index contributed by atoms with van der Waals surface area (Å²) < 4.78 is 10.7.